The molecule has 0 spiro atoms. The molecule has 0 aromatic heterocycles. The molecule has 0 radical (unpaired) electrons. The van der Waals surface area contributed by atoms with E-state index in [-0.39, 0.29) is 0 Å². The molecule has 3 aromatic rings. The summed E-state index contributed by atoms with van der Waals surface area (Å²) in [7, 11) is 0. The Morgan fingerprint density at radius 1 is 0.885 bits per heavy atom. The predicted molar refractivity (Wildman–Crippen MR) is 117 cm³/mol. The van der Waals surface area contributed by atoms with Crippen molar-refractivity contribution in [1.82, 2.24) is 0 Å². The summed E-state index contributed by atoms with van der Waals surface area (Å²) in [6.07, 6.45) is 2.50. The monoisotopic (exact) mass is 373 g/mol. The molecule has 0 atom stereocenters. The minimum Gasteiger partial charge on any atom is -0.195 e. The van der Waals surface area contributed by atoms with Crippen LogP contribution >= 0.6 is 24.0 Å². The summed E-state index contributed by atoms with van der Waals surface area (Å²) >= 11 is 6.56. The lowest BCUT2D eigenvalue weighted by Gasteiger charge is -2.01. The van der Waals surface area contributed by atoms with E-state index in [4.69, 9.17) is 0 Å². The van der Waals surface area contributed by atoms with Crippen molar-refractivity contribution >= 4 is 45.6 Å². The van der Waals surface area contributed by atoms with E-state index < -0.39 is 0 Å². The molecule has 128 valence electrons. The maximum absolute atomic E-state index is 4.66. The van der Waals surface area contributed by atoms with Crippen molar-refractivity contribution in [2.75, 3.05) is 5.75 Å². The first kappa shape index (κ1) is 18.4. The van der Waals surface area contributed by atoms with Crippen LogP contribution in [0.1, 0.15) is 30.9 Å². The number of thioether (sulfide) groups is 1. The van der Waals surface area contributed by atoms with Gasteiger partial charge in [0.25, 0.3) is 0 Å². The Morgan fingerprint density at radius 3 is 2.35 bits per heavy atom. The van der Waals surface area contributed by atoms with Gasteiger partial charge >= 0.3 is 0 Å². The average Bonchev–Trinajstić information content (AvgIpc) is 2.68. The van der Waals surface area contributed by atoms with Crippen molar-refractivity contribution in [3.05, 3.63) is 71.8 Å². The van der Waals surface area contributed by atoms with Gasteiger partial charge in [-0.25, -0.2) is 0 Å². The lowest BCUT2D eigenvalue weighted by Crippen LogP contribution is -1.80. The summed E-state index contributed by atoms with van der Waals surface area (Å²) < 4.78 is 0. The van der Waals surface area contributed by atoms with Gasteiger partial charge in [0.15, 0.2) is 0 Å². The Bertz CT molecular complexity index is 1000. The Labute approximate surface area is 164 Å². The number of nitrogens with zero attached hydrogens (tertiary/aromatic N) is 1. The van der Waals surface area contributed by atoms with E-state index in [1.54, 1.807) is 0 Å². The molecule has 0 N–H and O–H groups in total. The lowest BCUT2D eigenvalue weighted by atomic mass is 10.1. The van der Waals surface area contributed by atoms with Crippen LogP contribution < -0.4 is 0 Å². The predicted octanol–water partition coefficient (Wildman–Crippen LogP) is 6.87. The van der Waals surface area contributed by atoms with Crippen molar-refractivity contribution in [3.63, 3.8) is 0 Å². The minimum absolute atomic E-state index is 0.822. The fraction of sp³-hybridized carbons (Fsp3) is 0.174. The second-order valence-electron chi connectivity index (χ2n) is 5.93. The van der Waals surface area contributed by atoms with Gasteiger partial charge in [0.1, 0.15) is 0 Å². The van der Waals surface area contributed by atoms with E-state index in [0.717, 1.165) is 27.6 Å². The molecule has 0 aliphatic carbocycles. The average molecular weight is 374 g/mol. The first-order valence-corrected chi connectivity index (χ1v) is 10.0. The number of hydrogen-bond donors (Lipinski definition) is 0. The number of unbranched alkanes of at least 4 members (excludes halogenated alkanes) is 1. The van der Waals surface area contributed by atoms with E-state index in [0.29, 0.717) is 0 Å². The highest BCUT2D eigenvalue weighted by Crippen LogP contribution is 2.22. The lowest BCUT2D eigenvalue weighted by molar-refractivity contribution is 0.896. The normalized spacial score (nSPS) is 10.0. The summed E-state index contributed by atoms with van der Waals surface area (Å²) in [5.74, 6) is 7.68. The van der Waals surface area contributed by atoms with Gasteiger partial charge in [-0.3, -0.25) is 0 Å². The standard InChI is InChI=1S/C23H19NS2/c1-2-3-14-26-23-12-7-18(8-13-23)4-5-19-6-9-21-16-22(24-17-25)11-10-20(21)15-19/h6-13,15-16H,2-3,14H2,1H3. The van der Waals surface area contributed by atoms with Crippen LogP contribution in [0.15, 0.2) is 70.6 Å². The second kappa shape index (κ2) is 9.36. The summed E-state index contributed by atoms with van der Waals surface area (Å²) in [6.45, 7) is 2.22. The zero-order valence-electron chi connectivity index (χ0n) is 14.7. The Kier molecular flexibility index (Phi) is 6.63. The SMILES string of the molecule is CCCCSc1ccc(C#Cc2ccc3cc(N=C=S)ccc3c2)cc1. The molecule has 0 bridgehead atoms. The fourth-order valence-electron chi connectivity index (χ4n) is 2.55. The number of thiocarbonyl (C=S) groups is 1. The number of aliphatic imine (C=N–C) groups is 1. The van der Waals surface area contributed by atoms with E-state index in [2.05, 4.69) is 77.5 Å². The minimum atomic E-state index is 0.822. The zero-order valence-corrected chi connectivity index (χ0v) is 16.3. The van der Waals surface area contributed by atoms with Crippen molar-refractivity contribution in [2.24, 2.45) is 4.99 Å². The first-order chi connectivity index (χ1) is 12.8. The van der Waals surface area contributed by atoms with Gasteiger partial charge in [-0.2, -0.15) is 4.99 Å². The number of hydrogen-bond acceptors (Lipinski definition) is 3. The maximum atomic E-state index is 4.66. The van der Waals surface area contributed by atoms with Crippen molar-refractivity contribution in [3.8, 4) is 11.8 Å². The quantitative estimate of drug-likeness (QED) is 0.159. The molecule has 0 aliphatic heterocycles. The highest BCUT2D eigenvalue weighted by Gasteiger charge is 1.97. The highest BCUT2D eigenvalue weighted by atomic mass is 32.2. The van der Waals surface area contributed by atoms with Crippen molar-refractivity contribution < 1.29 is 0 Å². The van der Waals surface area contributed by atoms with E-state index in [9.17, 15) is 0 Å². The molecule has 1 nitrogen and oxygen atoms in total. The second-order valence-corrected chi connectivity index (χ2v) is 7.28. The molecule has 0 saturated carbocycles. The Hall–Kier alpha value is -2.37. The Balaban J connectivity index is 1.74. The molecule has 0 saturated heterocycles. The Morgan fingerprint density at radius 2 is 1.58 bits per heavy atom. The highest BCUT2D eigenvalue weighted by molar-refractivity contribution is 7.99. The fourth-order valence-corrected chi connectivity index (χ4v) is 3.65. The molecular formula is C23H19NS2. The van der Waals surface area contributed by atoms with Crippen LogP contribution in [0.2, 0.25) is 0 Å². The third-order valence-corrected chi connectivity index (χ3v) is 5.16. The van der Waals surface area contributed by atoms with Crippen LogP contribution in [0.5, 0.6) is 0 Å². The zero-order chi connectivity index (χ0) is 18.2. The molecule has 0 unspecified atom stereocenters. The van der Waals surface area contributed by atoms with Gasteiger partial charge in [0.2, 0.25) is 0 Å². The van der Waals surface area contributed by atoms with Crippen LogP contribution in [0, 0.1) is 11.8 Å². The molecule has 3 rings (SSSR count). The van der Waals surface area contributed by atoms with Crippen LogP contribution in [0.25, 0.3) is 10.8 Å². The summed E-state index contributed by atoms with van der Waals surface area (Å²) in [5, 5.41) is 4.66. The molecule has 3 heteroatoms. The van der Waals surface area contributed by atoms with Crippen LogP contribution in [0.3, 0.4) is 0 Å². The van der Waals surface area contributed by atoms with Gasteiger partial charge in [-0.15, -0.1) is 11.8 Å². The van der Waals surface area contributed by atoms with Crippen LogP contribution in [0.4, 0.5) is 5.69 Å². The van der Waals surface area contributed by atoms with Gasteiger partial charge in [0, 0.05) is 16.0 Å². The smallest absolute Gasteiger partial charge is 0.0745 e. The molecule has 0 aliphatic rings. The van der Waals surface area contributed by atoms with E-state index in [1.165, 1.54) is 23.5 Å². The van der Waals surface area contributed by atoms with Gasteiger partial charge in [-0.05, 0) is 83.7 Å². The summed E-state index contributed by atoms with van der Waals surface area (Å²) in [6, 6.07) is 20.7. The van der Waals surface area contributed by atoms with Gasteiger partial charge in [0.05, 0.1) is 10.8 Å². The molecular weight excluding hydrogens is 354 g/mol. The van der Waals surface area contributed by atoms with Crippen LogP contribution in [-0.4, -0.2) is 10.9 Å². The number of rotatable bonds is 5. The molecule has 0 heterocycles. The van der Waals surface area contributed by atoms with Gasteiger partial charge in [-0.1, -0.05) is 37.3 Å². The van der Waals surface area contributed by atoms with Crippen LogP contribution in [-0.2, 0) is 0 Å². The maximum Gasteiger partial charge on any atom is 0.0745 e. The third kappa shape index (κ3) is 5.07. The first-order valence-electron chi connectivity index (χ1n) is 8.65. The van der Waals surface area contributed by atoms with Crippen molar-refractivity contribution in [2.45, 2.75) is 24.7 Å². The van der Waals surface area contributed by atoms with E-state index in [1.807, 2.05) is 36.0 Å². The topological polar surface area (TPSA) is 12.4 Å². The summed E-state index contributed by atoms with van der Waals surface area (Å²) in [5.41, 5.74) is 2.86. The van der Waals surface area contributed by atoms with Gasteiger partial charge < -0.3 is 0 Å². The summed E-state index contributed by atoms with van der Waals surface area (Å²) in [4.78, 5) is 5.33. The molecule has 26 heavy (non-hydrogen) atoms. The molecule has 0 amide bonds. The third-order valence-electron chi connectivity index (χ3n) is 3.97. The molecule has 3 aromatic carbocycles. The number of fused-ring (bicyclic) bond motifs is 1. The largest absolute Gasteiger partial charge is 0.195 e. The number of benzene rings is 3. The van der Waals surface area contributed by atoms with Crippen molar-refractivity contribution in [1.29, 1.82) is 0 Å². The number of isothiocyanates is 1. The van der Waals surface area contributed by atoms with E-state index >= 15 is 0 Å². The molecule has 0 fully saturated rings.